The van der Waals surface area contributed by atoms with E-state index in [0.717, 1.165) is 0 Å². The van der Waals surface area contributed by atoms with Crippen LogP contribution >= 0.6 is 0 Å². The fraction of sp³-hybridized carbons (Fsp3) is 0.130. The van der Waals surface area contributed by atoms with Gasteiger partial charge in [0.25, 0.3) is 11.7 Å². The van der Waals surface area contributed by atoms with Gasteiger partial charge in [0.2, 0.25) is 0 Å². The molecular formula is C23H19NO6. The van der Waals surface area contributed by atoms with E-state index in [2.05, 4.69) is 0 Å². The van der Waals surface area contributed by atoms with Gasteiger partial charge in [-0.05, 0) is 54.1 Å². The number of amides is 1. The molecule has 1 aliphatic rings. The molecule has 0 bridgehead atoms. The second-order valence-electron chi connectivity index (χ2n) is 6.83. The minimum atomic E-state index is -0.835. The number of furan rings is 1. The average Bonchev–Trinajstić information content (AvgIpc) is 3.36. The van der Waals surface area contributed by atoms with Gasteiger partial charge in [-0.15, -0.1) is 0 Å². The van der Waals surface area contributed by atoms with Crippen molar-refractivity contribution >= 4 is 17.4 Å². The zero-order valence-corrected chi connectivity index (χ0v) is 16.1. The van der Waals surface area contributed by atoms with Crippen LogP contribution in [0, 0.1) is 0 Å². The van der Waals surface area contributed by atoms with E-state index in [9.17, 15) is 19.8 Å². The quantitative estimate of drug-likeness (QED) is 0.382. The number of aliphatic hydroxyl groups excluding tert-OH is 1. The molecule has 7 heteroatoms. The van der Waals surface area contributed by atoms with Crippen LogP contribution < -0.4 is 4.74 Å². The SMILES string of the molecule is COc1ccc(/C(O)=C2\C(=O)C(=O)N(Cc3ccco3)C2c2ccc(O)cc2)cc1. The summed E-state index contributed by atoms with van der Waals surface area (Å²) >= 11 is 0. The first-order valence-electron chi connectivity index (χ1n) is 9.23. The lowest BCUT2D eigenvalue weighted by Crippen LogP contribution is -2.29. The number of phenolic OH excluding ortho intramolecular Hbond substituents is 1. The van der Waals surface area contributed by atoms with Crippen LogP contribution in [0.1, 0.15) is 22.9 Å². The summed E-state index contributed by atoms with van der Waals surface area (Å²) in [7, 11) is 1.53. The lowest BCUT2D eigenvalue weighted by molar-refractivity contribution is -0.140. The zero-order chi connectivity index (χ0) is 21.3. The van der Waals surface area contributed by atoms with Gasteiger partial charge in [-0.2, -0.15) is 0 Å². The number of rotatable bonds is 5. The van der Waals surface area contributed by atoms with Crippen LogP contribution in [0.25, 0.3) is 5.76 Å². The smallest absolute Gasteiger partial charge is 0.296 e. The van der Waals surface area contributed by atoms with Gasteiger partial charge in [0.05, 0.1) is 31.5 Å². The number of benzene rings is 2. The molecule has 2 heterocycles. The molecule has 0 saturated carbocycles. The number of Topliss-reactive ketones (excluding diaryl/α,β-unsaturated/α-hetero) is 1. The predicted molar refractivity (Wildman–Crippen MR) is 108 cm³/mol. The Morgan fingerprint density at radius 3 is 2.37 bits per heavy atom. The third kappa shape index (κ3) is 3.41. The van der Waals surface area contributed by atoms with Crippen molar-refractivity contribution in [2.75, 3.05) is 7.11 Å². The molecule has 1 fully saturated rings. The second-order valence-corrected chi connectivity index (χ2v) is 6.83. The number of ether oxygens (including phenoxy) is 1. The fourth-order valence-electron chi connectivity index (χ4n) is 3.52. The Labute approximate surface area is 172 Å². The van der Waals surface area contributed by atoms with Crippen LogP contribution in [0.3, 0.4) is 0 Å². The molecule has 1 amide bonds. The number of phenols is 1. The third-order valence-corrected chi connectivity index (χ3v) is 5.02. The summed E-state index contributed by atoms with van der Waals surface area (Å²) in [4.78, 5) is 27.1. The minimum Gasteiger partial charge on any atom is -0.508 e. The highest BCUT2D eigenvalue weighted by molar-refractivity contribution is 6.46. The lowest BCUT2D eigenvalue weighted by Gasteiger charge is -2.24. The van der Waals surface area contributed by atoms with Crippen LogP contribution in [-0.4, -0.2) is 33.9 Å². The minimum absolute atomic E-state index is 0.0255. The van der Waals surface area contributed by atoms with Gasteiger partial charge in [-0.1, -0.05) is 12.1 Å². The van der Waals surface area contributed by atoms with E-state index in [-0.39, 0.29) is 23.6 Å². The van der Waals surface area contributed by atoms with Crippen molar-refractivity contribution in [1.82, 2.24) is 4.90 Å². The first-order valence-corrected chi connectivity index (χ1v) is 9.23. The Balaban J connectivity index is 1.84. The van der Waals surface area contributed by atoms with Crippen molar-refractivity contribution in [1.29, 1.82) is 0 Å². The summed E-state index contributed by atoms with van der Waals surface area (Å²) < 4.78 is 10.5. The molecule has 30 heavy (non-hydrogen) atoms. The largest absolute Gasteiger partial charge is 0.508 e. The van der Waals surface area contributed by atoms with Gasteiger partial charge < -0.3 is 24.3 Å². The van der Waals surface area contributed by atoms with Gasteiger partial charge in [0, 0.05) is 5.56 Å². The summed E-state index contributed by atoms with van der Waals surface area (Å²) in [5.74, 6) is -0.648. The van der Waals surface area contributed by atoms with Crippen LogP contribution in [0.15, 0.2) is 76.9 Å². The molecular weight excluding hydrogens is 386 g/mol. The van der Waals surface area contributed by atoms with Gasteiger partial charge in [-0.3, -0.25) is 9.59 Å². The molecule has 4 rings (SSSR count). The number of likely N-dealkylation sites (tertiary alicyclic amines) is 1. The van der Waals surface area contributed by atoms with E-state index < -0.39 is 17.7 Å². The van der Waals surface area contributed by atoms with Crippen LogP contribution in [0.4, 0.5) is 0 Å². The summed E-state index contributed by atoms with van der Waals surface area (Å²) in [5, 5.41) is 20.6. The molecule has 152 valence electrons. The molecule has 1 aliphatic heterocycles. The van der Waals surface area contributed by atoms with Crippen molar-refractivity contribution in [2.45, 2.75) is 12.6 Å². The van der Waals surface area contributed by atoms with Gasteiger partial charge in [0.15, 0.2) is 0 Å². The monoisotopic (exact) mass is 405 g/mol. The summed E-state index contributed by atoms with van der Waals surface area (Å²) in [5.41, 5.74) is 0.937. The normalized spacial score (nSPS) is 18.0. The van der Waals surface area contributed by atoms with Gasteiger partial charge in [0.1, 0.15) is 23.0 Å². The number of ketones is 1. The Hall–Kier alpha value is -4.00. The third-order valence-electron chi connectivity index (χ3n) is 5.02. The number of carbonyl (C=O) groups is 2. The first-order chi connectivity index (χ1) is 14.5. The van der Waals surface area contributed by atoms with E-state index in [1.807, 2.05) is 0 Å². The summed E-state index contributed by atoms with van der Waals surface area (Å²) in [6.07, 6.45) is 1.48. The molecule has 7 nitrogen and oxygen atoms in total. The Bertz CT molecular complexity index is 1100. The fourth-order valence-corrected chi connectivity index (χ4v) is 3.52. The van der Waals surface area contributed by atoms with Crippen LogP contribution in [0.5, 0.6) is 11.5 Å². The van der Waals surface area contributed by atoms with E-state index in [0.29, 0.717) is 22.6 Å². The standard InChI is InChI=1S/C23H19NO6/c1-29-17-10-6-15(7-11-17)21(26)19-20(14-4-8-16(25)9-5-14)24(23(28)22(19)27)13-18-3-2-12-30-18/h2-12,20,25-26H,13H2,1H3/b21-19+. The maximum atomic E-state index is 12.9. The second kappa shape index (κ2) is 7.79. The molecule has 1 saturated heterocycles. The van der Waals surface area contributed by atoms with Crippen molar-refractivity contribution in [3.05, 3.63) is 89.4 Å². The molecule has 1 unspecified atom stereocenters. The highest BCUT2D eigenvalue weighted by Crippen LogP contribution is 2.40. The number of hydrogen-bond donors (Lipinski definition) is 2. The maximum Gasteiger partial charge on any atom is 0.296 e. The van der Waals surface area contributed by atoms with E-state index in [1.165, 1.54) is 30.4 Å². The molecule has 0 aliphatic carbocycles. The Morgan fingerprint density at radius 1 is 1.07 bits per heavy atom. The number of carbonyl (C=O) groups excluding carboxylic acids is 2. The maximum absolute atomic E-state index is 12.9. The van der Waals surface area contributed by atoms with E-state index in [4.69, 9.17) is 9.15 Å². The predicted octanol–water partition coefficient (Wildman–Crippen LogP) is 3.62. The summed E-state index contributed by atoms with van der Waals surface area (Å²) in [6.45, 7) is 0.0580. The molecule has 2 N–H and O–H groups in total. The van der Waals surface area contributed by atoms with Crippen molar-refractivity contribution < 1.29 is 29.0 Å². The molecule has 0 radical (unpaired) electrons. The Kier molecular flexibility index (Phi) is 5.02. The number of aliphatic hydroxyl groups is 1. The summed E-state index contributed by atoms with van der Waals surface area (Å²) in [6, 6.07) is 15.3. The Morgan fingerprint density at radius 2 is 1.77 bits per heavy atom. The van der Waals surface area contributed by atoms with Gasteiger partial charge in [-0.25, -0.2) is 0 Å². The first kappa shape index (κ1) is 19.3. The van der Waals surface area contributed by atoms with Crippen molar-refractivity contribution in [3.8, 4) is 11.5 Å². The highest BCUT2D eigenvalue weighted by Gasteiger charge is 2.46. The number of hydrogen-bond acceptors (Lipinski definition) is 6. The number of nitrogens with zero attached hydrogens (tertiary/aromatic N) is 1. The molecule has 2 aromatic carbocycles. The van der Waals surface area contributed by atoms with Crippen molar-refractivity contribution in [2.24, 2.45) is 0 Å². The molecule has 0 spiro atoms. The topological polar surface area (TPSA) is 100 Å². The van der Waals surface area contributed by atoms with E-state index in [1.54, 1.807) is 48.5 Å². The highest BCUT2D eigenvalue weighted by atomic mass is 16.5. The van der Waals surface area contributed by atoms with Crippen LogP contribution in [0.2, 0.25) is 0 Å². The number of aromatic hydroxyl groups is 1. The van der Waals surface area contributed by atoms with Crippen molar-refractivity contribution in [3.63, 3.8) is 0 Å². The van der Waals surface area contributed by atoms with E-state index >= 15 is 0 Å². The molecule has 1 atom stereocenters. The zero-order valence-electron chi connectivity index (χ0n) is 16.1. The molecule has 1 aromatic heterocycles. The average molecular weight is 405 g/mol. The molecule has 3 aromatic rings. The number of methoxy groups -OCH3 is 1. The van der Waals surface area contributed by atoms with Gasteiger partial charge >= 0.3 is 0 Å². The van der Waals surface area contributed by atoms with Crippen LogP contribution in [-0.2, 0) is 16.1 Å². The lowest BCUT2D eigenvalue weighted by atomic mass is 9.95.